The van der Waals surface area contributed by atoms with E-state index in [9.17, 15) is 9.59 Å². The summed E-state index contributed by atoms with van der Waals surface area (Å²) >= 11 is 0. The van der Waals surface area contributed by atoms with Crippen LogP contribution in [-0.2, 0) is 16.1 Å². The average Bonchev–Trinajstić information content (AvgIpc) is 2.46. The van der Waals surface area contributed by atoms with Gasteiger partial charge in [0.25, 0.3) is 0 Å². The number of carbonyl (C=O) groups excluding carboxylic acids is 2. The molecule has 1 N–H and O–H groups in total. The van der Waals surface area contributed by atoms with Crippen molar-refractivity contribution in [2.75, 3.05) is 13.6 Å². The van der Waals surface area contributed by atoms with E-state index in [0.717, 1.165) is 5.56 Å². The van der Waals surface area contributed by atoms with Crippen LogP contribution in [-0.4, -0.2) is 30.3 Å². The smallest absolute Gasteiger partial charge is 0.225 e. The molecule has 5 nitrogen and oxygen atoms in total. The zero-order valence-corrected chi connectivity index (χ0v) is 13.6. The molecule has 0 radical (unpaired) electrons. The van der Waals surface area contributed by atoms with Gasteiger partial charge in [0.1, 0.15) is 0 Å². The molecule has 0 saturated heterocycles. The van der Waals surface area contributed by atoms with Crippen molar-refractivity contribution in [2.45, 2.75) is 33.7 Å². The van der Waals surface area contributed by atoms with Crippen LogP contribution in [0.2, 0.25) is 0 Å². The van der Waals surface area contributed by atoms with Crippen molar-refractivity contribution in [3.63, 3.8) is 0 Å². The van der Waals surface area contributed by atoms with Gasteiger partial charge in [0.15, 0.2) is 0 Å². The van der Waals surface area contributed by atoms with Gasteiger partial charge in [-0.3, -0.25) is 9.59 Å². The molecule has 0 fully saturated rings. The Kier molecular flexibility index (Phi) is 6.11. The lowest BCUT2D eigenvalue weighted by Crippen LogP contribution is -2.37. The van der Waals surface area contributed by atoms with Crippen LogP contribution in [0.1, 0.15) is 38.3 Å². The van der Waals surface area contributed by atoms with Crippen molar-refractivity contribution in [3.8, 4) is 6.07 Å². The van der Waals surface area contributed by atoms with Gasteiger partial charge in [0, 0.05) is 32.0 Å². The molecule has 118 valence electrons. The Labute approximate surface area is 131 Å². The molecule has 0 aliphatic heterocycles. The number of hydrogen-bond acceptors (Lipinski definition) is 3. The molecule has 0 heterocycles. The summed E-state index contributed by atoms with van der Waals surface area (Å²) in [5.41, 5.74) is 1.12. The molecule has 0 spiro atoms. The molecule has 1 aromatic rings. The summed E-state index contributed by atoms with van der Waals surface area (Å²) in [7, 11) is 1.73. The fraction of sp³-hybridized carbons (Fsp3) is 0.471. The summed E-state index contributed by atoms with van der Waals surface area (Å²) < 4.78 is 0. The fourth-order valence-corrected chi connectivity index (χ4v) is 1.79. The van der Waals surface area contributed by atoms with E-state index in [1.54, 1.807) is 24.1 Å². The number of hydrogen-bond donors (Lipinski definition) is 1. The molecule has 2 amide bonds. The van der Waals surface area contributed by atoms with E-state index < -0.39 is 5.41 Å². The van der Waals surface area contributed by atoms with Crippen LogP contribution in [0.25, 0.3) is 0 Å². The van der Waals surface area contributed by atoms with Crippen molar-refractivity contribution < 1.29 is 9.59 Å². The lowest BCUT2D eigenvalue weighted by Gasteiger charge is -2.20. The molecule has 0 unspecified atom stereocenters. The number of carbonyl (C=O) groups is 2. The predicted molar refractivity (Wildman–Crippen MR) is 84.7 cm³/mol. The van der Waals surface area contributed by atoms with E-state index in [1.165, 1.54) is 0 Å². The number of amides is 2. The van der Waals surface area contributed by atoms with Crippen molar-refractivity contribution in [1.82, 2.24) is 10.2 Å². The van der Waals surface area contributed by atoms with Gasteiger partial charge in [-0.05, 0) is 17.7 Å². The molecule has 1 rings (SSSR count). The van der Waals surface area contributed by atoms with Crippen LogP contribution in [0.5, 0.6) is 0 Å². The molecular weight excluding hydrogens is 278 g/mol. The largest absolute Gasteiger partial charge is 0.355 e. The van der Waals surface area contributed by atoms with Crippen LogP contribution >= 0.6 is 0 Å². The first-order chi connectivity index (χ1) is 10.2. The van der Waals surface area contributed by atoms with E-state index in [-0.39, 0.29) is 18.2 Å². The lowest BCUT2D eigenvalue weighted by atomic mass is 9.96. The third-order valence-electron chi connectivity index (χ3n) is 3.23. The molecule has 0 atom stereocenters. The average molecular weight is 301 g/mol. The summed E-state index contributed by atoms with van der Waals surface area (Å²) in [5.74, 6) is -0.0892. The topological polar surface area (TPSA) is 73.2 Å². The first kappa shape index (κ1) is 17.7. The van der Waals surface area contributed by atoms with E-state index >= 15 is 0 Å². The Hall–Kier alpha value is -2.35. The maximum absolute atomic E-state index is 12.0. The number of nitrogens with one attached hydrogen (secondary N) is 1. The SMILES string of the molecule is CN(Cc1ccc(C#N)cc1)C(=O)CCNC(=O)C(C)(C)C. The third-order valence-corrected chi connectivity index (χ3v) is 3.23. The first-order valence-electron chi connectivity index (χ1n) is 7.25. The number of rotatable bonds is 5. The molecular formula is C17H23N3O2. The lowest BCUT2D eigenvalue weighted by molar-refractivity contribution is -0.131. The van der Waals surface area contributed by atoms with Crippen LogP contribution in [0.15, 0.2) is 24.3 Å². The summed E-state index contributed by atoms with van der Waals surface area (Å²) in [6.07, 6.45) is 0.272. The number of nitriles is 1. The van der Waals surface area contributed by atoms with Crippen molar-refractivity contribution >= 4 is 11.8 Å². The Morgan fingerprint density at radius 3 is 2.32 bits per heavy atom. The van der Waals surface area contributed by atoms with Gasteiger partial charge in [0.2, 0.25) is 11.8 Å². The van der Waals surface area contributed by atoms with E-state index in [0.29, 0.717) is 18.7 Å². The summed E-state index contributed by atoms with van der Waals surface area (Å²) in [4.78, 5) is 25.3. The molecule has 0 saturated carbocycles. The summed E-state index contributed by atoms with van der Waals surface area (Å²) in [6, 6.07) is 9.20. The molecule has 0 aliphatic rings. The number of benzene rings is 1. The molecule has 0 aromatic heterocycles. The van der Waals surface area contributed by atoms with E-state index in [2.05, 4.69) is 11.4 Å². The van der Waals surface area contributed by atoms with Crippen LogP contribution in [0.4, 0.5) is 0 Å². The van der Waals surface area contributed by atoms with Gasteiger partial charge in [-0.2, -0.15) is 5.26 Å². The van der Waals surface area contributed by atoms with Gasteiger partial charge in [-0.15, -0.1) is 0 Å². The standard InChI is InChI=1S/C17H23N3O2/c1-17(2,3)16(22)19-10-9-15(21)20(4)12-14-7-5-13(11-18)6-8-14/h5-8H,9-10,12H2,1-4H3,(H,19,22). The van der Waals surface area contributed by atoms with Crippen molar-refractivity contribution in [1.29, 1.82) is 5.26 Å². The molecule has 1 aromatic carbocycles. The van der Waals surface area contributed by atoms with Gasteiger partial charge in [-0.1, -0.05) is 32.9 Å². The Balaban J connectivity index is 2.42. The first-order valence-corrected chi connectivity index (χ1v) is 7.25. The van der Waals surface area contributed by atoms with Crippen LogP contribution in [0.3, 0.4) is 0 Å². The number of nitrogens with zero attached hydrogens (tertiary/aromatic N) is 2. The quantitative estimate of drug-likeness (QED) is 0.904. The normalized spacial score (nSPS) is 10.7. The zero-order chi connectivity index (χ0) is 16.8. The van der Waals surface area contributed by atoms with Crippen LogP contribution in [0, 0.1) is 16.7 Å². The predicted octanol–water partition coefficient (Wildman–Crippen LogP) is 2.07. The highest BCUT2D eigenvalue weighted by Gasteiger charge is 2.20. The minimum atomic E-state index is -0.447. The highest BCUT2D eigenvalue weighted by molar-refractivity contribution is 5.82. The maximum atomic E-state index is 12.0. The third kappa shape index (κ3) is 5.57. The van der Waals surface area contributed by atoms with Crippen molar-refractivity contribution in [3.05, 3.63) is 35.4 Å². The Bertz CT molecular complexity index is 565. The molecule has 22 heavy (non-hydrogen) atoms. The highest BCUT2D eigenvalue weighted by atomic mass is 16.2. The van der Waals surface area contributed by atoms with E-state index in [1.807, 2.05) is 32.9 Å². The second-order valence-electron chi connectivity index (χ2n) is 6.31. The second-order valence-corrected chi connectivity index (χ2v) is 6.31. The highest BCUT2D eigenvalue weighted by Crippen LogP contribution is 2.12. The summed E-state index contributed by atoms with van der Waals surface area (Å²) in [6.45, 7) is 6.33. The fourth-order valence-electron chi connectivity index (χ4n) is 1.79. The van der Waals surface area contributed by atoms with Gasteiger partial charge >= 0.3 is 0 Å². The maximum Gasteiger partial charge on any atom is 0.225 e. The summed E-state index contributed by atoms with van der Waals surface area (Å²) in [5, 5.41) is 11.5. The van der Waals surface area contributed by atoms with Crippen molar-refractivity contribution in [2.24, 2.45) is 5.41 Å². The van der Waals surface area contributed by atoms with Gasteiger partial charge in [-0.25, -0.2) is 0 Å². The minimum absolute atomic E-state index is 0.0291. The monoisotopic (exact) mass is 301 g/mol. The van der Waals surface area contributed by atoms with Gasteiger partial charge < -0.3 is 10.2 Å². The molecule has 0 aliphatic carbocycles. The van der Waals surface area contributed by atoms with Gasteiger partial charge in [0.05, 0.1) is 11.6 Å². The minimum Gasteiger partial charge on any atom is -0.355 e. The van der Waals surface area contributed by atoms with E-state index in [4.69, 9.17) is 5.26 Å². The molecule has 0 bridgehead atoms. The Morgan fingerprint density at radius 1 is 1.23 bits per heavy atom. The Morgan fingerprint density at radius 2 is 1.82 bits per heavy atom. The second kappa shape index (κ2) is 7.60. The van der Waals surface area contributed by atoms with Crippen LogP contribution < -0.4 is 5.32 Å². The molecule has 5 heteroatoms. The zero-order valence-electron chi connectivity index (χ0n) is 13.6.